The van der Waals surface area contributed by atoms with E-state index in [0.717, 1.165) is 12.1 Å². The average Bonchev–Trinajstić information content (AvgIpc) is 2.63. The Bertz CT molecular complexity index is 944. The van der Waals surface area contributed by atoms with E-state index in [9.17, 15) is 18.0 Å². The number of nitrogens with one attached hydrogen (secondary N) is 1. The van der Waals surface area contributed by atoms with E-state index in [0.29, 0.717) is 16.8 Å². The van der Waals surface area contributed by atoms with Crippen LogP contribution >= 0.6 is 0 Å². The Morgan fingerprint density at radius 1 is 1.00 bits per heavy atom. The fraction of sp³-hybridized carbons (Fsp3) is 0.0588. The number of rotatable bonds is 4. The average molecular weight is 375 g/mol. The monoisotopic (exact) mass is 375 g/mol. The van der Waals surface area contributed by atoms with Crippen LogP contribution in [-0.4, -0.2) is 27.2 Å². The van der Waals surface area contributed by atoms with Crippen molar-refractivity contribution in [1.82, 2.24) is 15.0 Å². The highest BCUT2D eigenvalue weighted by molar-refractivity contribution is 6.04. The number of nitrogen functional groups attached to an aromatic ring is 1. The molecule has 2 aromatic heterocycles. The van der Waals surface area contributed by atoms with Gasteiger partial charge in [0.05, 0.1) is 5.56 Å². The third-order valence-electron chi connectivity index (χ3n) is 3.35. The van der Waals surface area contributed by atoms with Crippen molar-refractivity contribution in [2.75, 3.05) is 11.1 Å². The van der Waals surface area contributed by atoms with Crippen LogP contribution in [0.3, 0.4) is 0 Å². The molecular formula is C17H12F3N5O2. The van der Waals surface area contributed by atoms with E-state index < -0.39 is 12.3 Å². The number of hydrogen-bond donors (Lipinski definition) is 2. The molecule has 3 N–H and O–H groups in total. The number of carbonyl (C=O) groups is 1. The molecule has 0 unspecified atom stereocenters. The first kappa shape index (κ1) is 18.1. The second-order valence-electron chi connectivity index (χ2n) is 5.32. The minimum atomic E-state index is -4.78. The normalized spacial score (nSPS) is 11.1. The molecule has 0 aliphatic heterocycles. The van der Waals surface area contributed by atoms with Crippen LogP contribution in [0.5, 0.6) is 5.75 Å². The molecule has 0 saturated heterocycles. The van der Waals surface area contributed by atoms with Gasteiger partial charge in [-0.25, -0.2) is 9.97 Å². The first-order valence-corrected chi connectivity index (χ1v) is 7.50. The lowest BCUT2D eigenvalue weighted by atomic mass is 10.1. The maximum atomic E-state index is 12.4. The fourth-order valence-corrected chi connectivity index (χ4v) is 2.15. The number of amides is 1. The quantitative estimate of drug-likeness (QED) is 0.725. The van der Waals surface area contributed by atoms with E-state index in [1.165, 1.54) is 36.9 Å². The third kappa shape index (κ3) is 4.91. The van der Waals surface area contributed by atoms with Gasteiger partial charge in [-0.15, -0.1) is 13.2 Å². The standard InChI is InChI=1S/C17H12F3N5O2/c18-17(19,20)27-14-3-1-13(2-4-14)25-15(26)11-5-10(6-22-7-11)12-8-23-16(21)24-9-12/h1-9H,(H,25,26)(H2,21,23,24). The lowest BCUT2D eigenvalue weighted by Crippen LogP contribution is -2.17. The van der Waals surface area contributed by atoms with Gasteiger partial charge in [0.1, 0.15) is 5.75 Å². The van der Waals surface area contributed by atoms with Gasteiger partial charge in [-0.2, -0.15) is 0 Å². The number of alkyl halides is 3. The highest BCUT2D eigenvalue weighted by atomic mass is 19.4. The summed E-state index contributed by atoms with van der Waals surface area (Å²) >= 11 is 0. The predicted molar refractivity (Wildman–Crippen MR) is 90.8 cm³/mol. The molecule has 0 spiro atoms. The number of aromatic nitrogens is 3. The van der Waals surface area contributed by atoms with Crippen LogP contribution in [0.25, 0.3) is 11.1 Å². The molecule has 3 rings (SSSR count). The van der Waals surface area contributed by atoms with Gasteiger partial charge < -0.3 is 15.8 Å². The van der Waals surface area contributed by atoms with Crippen LogP contribution in [0, 0.1) is 0 Å². The summed E-state index contributed by atoms with van der Waals surface area (Å²) in [6.45, 7) is 0. The zero-order valence-corrected chi connectivity index (χ0v) is 13.6. The van der Waals surface area contributed by atoms with Crippen molar-refractivity contribution < 1.29 is 22.7 Å². The summed E-state index contributed by atoms with van der Waals surface area (Å²) in [5.41, 5.74) is 7.22. The molecule has 1 amide bonds. The predicted octanol–water partition coefficient (Wildman–Crippen LogP) is 3.27. The van der Waals surface area contributed by atoms with E-state index in [1.54, 1.807) is 6.07 Å². The minimum absolute atomic E-state index is 0.124. The van der Waals surface area contributed by atoms with Gasteiger partial charge in [0.15, 0.2) is 0 Å². The SMILES string of the molecule is Nc1ncc(-c2cncc(C(=O)Nc3ccc(OC(F)(F)F)cc3)c2)cn1. The minimum Gasteiger partial charge on any atom is -0.406 e. The molecule has 0 atom stereocenters. The molecule has 0 radical (unpaired) electrons. The molecule has 10 heteroatoms. The topological polar surface area (TPSA) is 103 Å². The Hall–Kier alpha value is -3.69. The lowest BCUT2D eigenvalue weighted by Gasteiger charge is -2.10. The molecule has 2 heterocycles. The Morgan fingerprint density at radius 3 is 2.30 bits per heavy atom. The van der Waals surface area contributed by atoms with E-state index in [2.05, 4.69) is 25.0 Å². The maximum Gasteiger partial charge on any atom is 0.573 e. The summed E-state index contributed by atoms with van der Waals surface area (Å²) in [5.74, 6) is -0.740. The fourth-order valence-electron chi connectivity index (χ4n) is 2.15. The Balaban J connectivity index is 1.73. The van der Waals surface area contributed by atoms with Crippen LogP contribution in [0.2, 0.25) is 0 Å². The van der Waals surface area contributed by atoms with Crippen LogP contribution in [0.4, 0.5) is 24.8 Å². The molecule has 1 aromatic carbocycles. The van der Waals surface area contributed by atoms with Crippen molar-refractivity contribution in [3.05, 3.63) is 60.7 Å². The van der Waals surface area contributed by atoms with E-state index in [-0.39, 0.29) is 17.3 Å². The smallest absolute Gasteiger partial charge is 0.406 e. The number of hydrogen-bond acceptors (Lipinski definition) is 6. The Labute approximate surface area is 151 Å². The summed E-state index contributed by atoms with van der Waals surface area (Å²) in [6, 6.07) is 6.37. The number of anilines is 2. The highest BCUT2D eigenvalue weighted by Gasteiger charge is 2.30. The first-order valence-electron chi connectivity index (χ1n) is 7.50. The van der Waals surface area contributed by atoms with Crippen molar-refractivity contribution in [2.45, 2.75) is 6.36 Å². The second-order valence-corrected chi connectivity index (χ2v) is 5.32. The van der Waals surface area contributed by atoms with Crippen LogP contribution in [0.15, 0.2) is 55.1 Å². The molecule has 7 nitrogen and oxygen atoms in total. The number of pyridine rings is 1. The molecule has 3 aromatic rings. The van der Waals surface area contributed by atoms with Crippen LogP contribution in [-0.2, 0) is 0 Å². The van der Waals surface area contributed by atoms with Crippen molar-refractivity contribution in [3.63, 3.8) is 0 Å². The van der Waals surface area contributed by atoms with Crippen LogP contribution < -0.4 is 15.8 Å². The Morgan fingerprint density at radius 2 is 1.67 bits per heavy atom. The van der Waals surface area contributed by atoms with Gasteiger partial charge in [-0.1, -0.05) is 0 Å². The van der Waals surface area contributed by atoms with E-state index in [1.807, 2.05) is 0 Å². The highest BCUT2D eigenvalue weighted by Crippen LogP contribution is 2.24. The van der Waals surface area contributed by atoms with Crippen LogP contribution in [0.1, 0.15) is 10.4 Å². The number of halogens is 3. The van der Waals surface area contributed by atoms with Crippen molar-refractivity contribution in [3.8, 4) is 16.9 Å². The lowest BCUT2D eigenvalue weighted by molar-refractivity contribution is -0.274. The number of ether oxygens (including phenoxy) is 1. The van der Waals surface area contributed by atoms with E-state index >= 15 is 0 Å². The zero-order chi connectivity index (χ0) is 19.4. The van der Waals surface area contributed by atoms with Crippen molar-refractivity contribution in [1.29, 1.82) is 0 Å². The van der Waals surface area contributed by atoms with Gasteiger partial charge in [0.2, 0.25) is 5.95 Å². The molecule has 27 heavy (non-hydrogen) atoms. The number of nitrogens with zero attached hydrogens (tertiary/aromatic N) is 3. The number of carbonyl (C=O) groups excluding carboxylic acids is 1. The largest absolute Gasteiger partial charge is 0.573 e. The second kappa shape index (κ2) is 7.28. The summed E-state index contributed by atoms with van der Waals surface area (Å²) in [7, 11) is 0. The summed E-state index contributed by atoms with van der Waals surface area (Å²) in [5, 5.41) is 2.57. The van der Waals surface area contributed by atoms with Gasteiger partial charge in [0, 0.05) is 41.6 Å². The van der Waals surface area contributed by atoms with Crippen molar-refractivity contribution >= 4 is 17.5 Å². The molecule has 0 aliphatic rings. The maximum absolute atomic E-state index is 12.4. The molecular weight excluding hydrogens is 363 g/mol. The summed E-state index contributed by atoms with van der Waals surface area (Å²) < 4.78 is 40.3. The summed E-state index contributed by atoms with van der Waals surface area (Å²) in [6.07, 6.45) is 1.12. The molecule has 0 aliphatic carbocycles. The van der Waals surface area contributed by atoms with Gasteiger partial charge in [-0.05, 0) is 30.3 Å². The third-order valence-corrected chi connectivity index (χ3v) is 3.35. The van der Waals surface area contributed by atoms with Gasteiger partial charge in [0.25, 0.3) is 5.91 Å². The first-order chi connectivity index (χ1) is 12.8. The van der Waals surface area contributed by atoms with Gasteiger partial charge >= 0.3 is 6.36 Å². The number of nitrogens with two attached hydrogens (primary N) is 1. The van der Waals surface area contributed by atoms with E-state index in [4.69, 9.17) is 5.73 Å². The molecule has 0 saturated carbocycles. The molecule has 0 fully saturated rings. The molecule has 0 bridgehead atoms. The Kier molecular flexibility index (Phi) is 4.88. The molecule has 138 valence electrons. The van der Waals surface area contributed by atoms with Gasteiger partial charge in [-0.3, -0.25) is 9.78 Å². The zero-order valence-electron chi connectivity index (χ0n) is 13.6. The summed E-state index contributed by atoms with van der Waals surface area (Å²) in [4.78, 5) is 24.1. The van der Waals surface area contributed by atoms with Crippen molar-refractivity contribution in [2.24, 2.45) is 0 Å². The number of benzene rings is 1.